The Kier molecular flexibility index (Phi) is 3.43. The third kappa shape index (κ3) is 2.64. The van der Waals surface area contributed by atoms with Gasteiger partial charge in [-0.2, -0.15) is 0 Å². The van der Waals surface area contributed by atoms with Crippen molar-refractivity contribution in [3.05, 3.63) is 64.5 Å². The lowest BCUT2D eigenvalue weighted by atomic mass is 10.0. The van der Waals surface area contributed by atoms with Crippen LogP contribution in [0.25, 0.3) is 10.1 Å². The Morgan fingerprint density at radius 1 is 1.05 bits per heavy atom. The molecule has 110 valence electrons. The molecule has 1 aromatic heterocycles. The fourth-order valence-corrected chi connectivity index (χ4v) is 3.94. The lowest BCUT2D eigenvalue weighted by Gasteiger charge is -2.07. The zero-order chi connectivity index (χ0) is 14.9. The molecule has 1 heterocycles. The van der Waals surface area contributed by atoms with Crippen LogP contribution in [-0.2, 0) is 24.1 Å². The van der Waals surface area contributed by atoms with Gasteiger partial charge in [-0.25, -0.2) is 0 Å². The molecule has 22 heavy (non-hydrogen) atoms. The molecule has 3 aromatic rings. The highest BCUT2D eigenvalue weighted by atomic mass is 32.1. The van der Waals surface area contributed by atoms with Gasteiger partial charge in [0, 0.05) is 10.4 Å². The van der Waals surface area contributed by atoms with Crippen molar-refractivity contribution in [2.75, 3.05) is 5.32 Å². The molecule has 0 bridgehead atoms. The Morgan fingerprint density at radius 2 is 1.95 bits per heavy atom. The topological polar surface area (TPSA) is 29.1 Å². The summed E-state index contributed by atoms with van der Waals surface area (Å²) in [6, 6.07) is 14.6. The van der Waals surface area contributed by atoms with Gasteiger partial charge in [0.05, 0.1) is 6.42 Å². The highest BCUT2D eigenvalue weighted by Gasteiger charge is 2.12. The SMILES string of the molecule is O=C(Cc1ccc2c(c1)CCC2)Nc1ccc2sccc2c1. The van der Waals surface area contributed by atoms with Crippen LogP contribution in [0.2, 0.25) is 0 Å². The van der Waals surface area contributed by atoms with Crippen molar-refractivity contribution in [3.63, 3.8) is 0 Å². The summed E-state index contributed by atoms with van der Waals surface area (Å²) in [5, 5.41) is 6.26. The molecule has 1 aliphatic carbocycles. The summed E-state index contributed by atoms with van der Waals surface area (Å²) < 4.78 is 1.25. The summed E-state index contributed by atoms with van der Waals surface area (Å²) in [5.41, 5.74) is 4.85. The van der Waals surface area contributed by atoms with Crippen LogP contribution in [0, 0.1) is 0 Å². The lowest BCUT2D eigenvalue weighted by Crippen LogP contribution is -2.14. The van der Waals surface area contributed by atoms with Crippen LogP contribution in [0.15, 0.2) is 47.8 Å². The van der Waals surface area contributed by atoms with Crippen molar-refractivity contribution in [1.82, 2.24) is 0 Å². The van der Waals surface area contributed by atoms with Crippen LogP contribution in [0.1, 0.15) is 23.1 Å². The minimum Gasteiger partial charge on any atom is -0.326 e. The molecule has 2 nitrogen and oxygen atoms in total. The predicted molar refractivity (Wildman–Crippen MR) is 92.6 cm³/mol. The number of hydrogen-bond donors (Lipinski definition) is 1. The van der Waals surface area contributed by atoms with Crippen molar-refractivity contribution in [2.45, 2.75) is 25.7 Å². The Labute approximate surface area is 133 Å². The third-order valence-electron chi connectivity index (χ3n) is 4.26. The summed E-state index contributed by atoms with van der Waals surface area (Å²) in [7, 11) is 0. The molecule has 1 N–H and O–H groups in total. The molecule has 0 spiro atoms. The maximum atomic E-state index is 12.2. The van der Waals surface area contributed by atoms with Gasteiger partial charge in [-0.05, 0) is 71.0 Å². The number of carbonyl (C=O) groups excluding carboxylic acids is 1. The van der Waals surface area contributed by atoms with Gasteiger partial charge in [-0.1, -0.05) is 18.2 Å². The average molecular weight is 307 g/mol. The molecule has 0 atom stereocenters. The Balaban J connectivity index is 1.47. The van der Waals surface area contributed by atoms with Crippen LogP contribution in [0.5, 0.6) is 0 Å². The molecule has 0 saturated heterocycles. The van der Waals surface area contributed by atoms with E-state index in [4.69, 9.17) is 0 Å². The number of amides is 1. The summed E-state index contributed by atoms with van der Waals surface area (Å²) in [6.45, 7) is 0. The molecule has 3 heteroatoms. The Morgan fingerprint density at radius 3 is 2.91 bits per heavy atom. The van der Waals surface area contributed by atoms with E-state index in [-0.39, 0.29) is 5.91 Å². The van der Waals surface area contributed by atoms with E-state index in [2.05, 4.69) is 41.0 Å². The molecule has 0 fully saturated rings. The molecule has 0 aliphatic heterocycles. The van der Waals surface area contributed by atoms with E-state index in [1.165, 1.54) is 34.1 Å². The summed E-state index contributed by atoms with van der Waals surface area (Å²) in [5.74, 6) is 0.0486. The zero-order valence-electron chi connectivity index (χ0n) is 12.3. The molecule has 0 saturated carbocycles. The van der Waals surface area contributed by atoms with Crippen molar-refractivity contribution >= 4 is 33.0 Å². The van der Waals surface area contributed by atoms with E-state index in [1.807, 2.05) is 12.1 Å². The van der Waals surface area contributed by atoms with Crippen LogP contribution in [0.4, 0.5) is 5.69 Å². The van der Waals surface area contributed by atoms with Gasteiger partial charge in [0.15, 0.2) is 0 Å². The van der Waals surface area contributed by atoms with Crippen LogP contribution >= 0.6 is 11.3 Å². The molecule has 0 unspecified atom stereocenters. The minimum atomic E-state index is 0.0486. The van der Waals surface area contributed by atoms with E-state index in [0.29, 0.717) is 6.42 Å². The monoisotopic (exact) mass is 307 g/mol. The van der Waals surface area contributed by atoms with Gasteiger partial charge in [-0.15, -0.1) is 11.3 Å². The van der Waals surface area contributed by atoms with Gasteiger partial charge >= 0.3 is 0 Å². The molecular formula is C19H17NOS. The first kappa shape index (κ1) is 13.5. The standard InChI is InChI=1S/C19H17NOS/c21-19(11-13-4-5-14-2-1-3-15(14)10-13)20-17-6-7-18-16(12-17)8-9-22-18/h4-10,12H,1-3,11H2,(H,20,21). The fourth-order valence-electron chi connectivity index (χ4n) is 3.17. The maximum absolute atomic E-state index is 12.2. The van der Waals surface area contributed by atoms with Gasteiger partial charge in [0.1, 0.15) is 0 Å². The number of benzene rings is 2. The van der Waals surface area contributed by atoms with Crippen LogP contribution in [0.3, 0.4) is 0 Å². The lowest BCUT2D eigenvalue weighted by molar-refractivity contribution is -0.115. The Bertz CT molecular complexity index is 850. The van der Waals surface area contributed by atoms with E-state index in [1.54, 1.807) is 11.3 Å². The highest BCUT2D eigenvalue weighted by molar-refractivity contribution is 7.17. The molecular weight excluding hydrogens is 290 g/mol. The first-order valence-electron chi connectivity index (χ1n) is 7.66. The van der Waals surface area contributed by atoms with Crippen LogP contribution < -0.4 is 5.32 Å². The van der Waals surface area contributed by atoms with E-state index < -0.39 is 0 Å². The largest absolute Gasteiger partial charge is 0.326 e. The average Bonchev–Trinajstić information content (AvgIpc) is 3.14. The predicted octanol–water partition coefficient (Wildman–Crippen LogP) is 4.57. The number of aryl methyl sites for hydroxylation is 2. The number of thiophene rings is 1. The number of fused-ring (bicyclic) bond motifs is 2. The number of anilines is 1. The third-order valence-corrected chi connectivity index (χ3v) is 5.16. The van der Waals surface area contributed by atoms with Gasteiger partial charge in [0.25, 0.3) is 0 Å². The van der Waals surface area contributed by atoms with Crippen molar-refractivity contribution in [2.24, 2.45) is 0 Å². The Hall–Kier alpha value is -2.13. The van der Waals surface area contributed by atoms with Crippen molar-refractivity contribution in [3.8, 4) is 0 Å². The first-order valence-corrected chi connectivity index (χ1v) is 8.54. The quantitative estimate of drug-likeness (QED) is 0.754. The molecule has 4 rings (SSSR count). The number of carbonyl (C=O) groups is 1. The summed E-state index contributed by atoms with van der Waals surface area (Å²) in [6.07, 6.45) is 4.02. The second-order valence-electron chi connectivity index (χ2n) is 5.85. The number of hydrogen-bond acceptors (Lipinski definition) is 2. The molecule has 1 amide bonds. The number of nitrogens with one attached hydrogen (secondary N) is 1. The van der Waals surface area contributed by atoms with E-state index in [9.17, 15) is 4.79 Å². The van der Waals surface area contributed by atoms with Crippen molar-refractivity contribution < 1.29 is 4.79 Å². The molecule has 1 aliphatic rings. The van der Waals surface area contributed by atoms with E-state index in [0.717, 1.165) is 17.7 Å². The maximum Gasteiger partial charge on any atom is 0.228 e. The van der Waals surface area contributed by atoms with Gasteiger partial charge in [-0.3, -0.25) is 4.79 Å². The van der Waals surface area contributed by atoms with Gasteiger partial charge in [0.2, 0.25) is 5.91 Å². The van der Waals surface area contributed by atoms with Gasteiger partial charge < -0.3 is 5.32 Å². The smallest absolute Gasteiger partial charge is 0.228 e. The van der Waals surface area contributed by atoms with E-state index >= 15 is 0 Å². The number of rotatable bonds is 3. The first-order chi connectivity index (χ1) is 10.8. The normalized spacial score (nSPS) is 13.3. The fraction of sp³-hybridized carbons (Fsp3) is 0.211. The summed E-state index contributed by atoms with van der Waals surface area (Å²) in [4.78, 5) is 12.2. The molecule has 0 radical (unpaired) electrons. The second-order valence-corrected chi connectivity index (χ2v) is 6.80. The van der Waals surface area contributed by atoms with Crippen molar-refractivity contribution in [1.29, 1.82) is 0 Å². The second kappa shape index (κ2) is 5.58. The minimum absolute atomic E-state index is 0.0486. The molecule has 2 aromatic carbocycles. The van der Waals surface area contributed by atoms with Crippen LogP contribution in [-0.4, -0.2) is 5.91 Å². The highest BCUT2D eigenvalue weighted by Crippen LogP contribution is 2.25. The zero-order valence-corrected chi connectivity index (χ0v) is 13.1. The summed E-state index contributed by atoms with van der Waals surface area (Å²) >= 11 is 1.72.